The average molecular weight is 270 g/mol. The Kier molecular flexibility index (Phi) is 5.44. The second-order valence-electron chi connectivity index (χ2n) is 3.12. The molecule has 0 heterocycles. The lowest BCUT2D eigenvalue weighted by Crippen LogP contribution is -2.23. The van der Waals surface area contributed by atoms with Crippen LogP contribution < -0.4 is 5.73 Å². The van der Waals surface area contributed by atoms with Gasteiger partial charge in [-0.15, -0.1) is 12.4 Å². The van der Waals surface area contributed by atoms with Crippen LogP contribution in [0, 0.1) is 0 Å². The van der Waals surface area contributed by atoms with E-state index in [1.54, 1.807) is 0 Å². The Labute approximate surface area is 102 Å². The summed E-state index contributed by atoms with van der Waals surface area (Å²) in [6, 6.07) is 3.08. The topological polar surface area (TPSA) is 52.3 Å². The number of alkyl halides is 3. The number of hydrogen-bond donors (Lipinski definition) is 1. The highest BCUT2D eigenvalue weighted by Gasteiger charge is 2.31. The fourth-order valence-electron chi connectivity index (χ4n) is 1.17. The van der Waals surface area contributed by atoms with Crippen LogP contribution in [0.3, 0.4) is 0 Å². The molecule has 0 aromatic heterocycles. The number of ether oxygens (including phenoxy) is 1. The van der Waals surface area contributed by atoms with Gasteiger partial charge in [-0.3, -0.25) is 4.79 Å². The molecule has 17 heavy (non-hydrogen) atoms. The molecule has 1 rings (SSSR count). The molecule has 0 saturated heterocycles. The SMILES string of the molecule is COC(=O)C(N)c1cccc(C(F)(F)F)c1.Cl. The molecular formula is C10H11ClF3NO2. The van der Waals surface area contributed by atoms with Crippen molar-refractivity contribution in [3.63, 3.8) is 0 Å². The van der Waals surface area contributed by atoms with Crippen molar-refractivity contribution in [1.82, 2.24) is 0 Å². The smallest absolute Gasteiger partial charge is 0.416 e. The molecule has 96 valence electrons. The van der Waals surface area contributed by atoms with Gasteiger partial charge < -0.3 is 10.5 Å². The molecule has 1 unspecified atom stereocenters. The minimum absolute atomic E-state index is 0. The molecule has 0 amide bonds. The van der Waals surface area contributed by atoms with Crippen molar-refractivity contribution < 1.29 is 22.7 Å². The summed E-state index contributed by atoms with van der Waals surface area (Å²) in [6.07, 6.45) is -4.45. The summed E-state index contributed by atoms with van der Waals surface area (Å²) < 4.78 is 41.4. The van der Waals surface area contributed by atoms with E-state index < -0.39 is 23.8 Å². The molecule has 0 bridgehead atoms. The summed E-state index contributed by atoms with van der Waals surface area (Å²) in [6.45, 7) is 0. The molecule has 0 aliphatic carbocycles. The highest BCUT2D eigenvalue weighted by Crippen LogP contribution is 2.30. The minimum atomic E-state index is -4.45. The van der Waals surface area contributed by atoms with Crippen molar-refractivity contribution in [2.45, 2.75) is 12.2 Å². The van der Waals surface area contributed by atoms with Crippen molar-refractivity contribution >= 4 is 18.4 Å². The first-order chi connectivity index (χ1) is 7.36. The minimum Gasteiger partial charge on any atom is -0.468 e. The maximum absolute atomic E-state index is 12.4. The average Bonchev–Trinajstić information content (AvgIpc) is 2.26. The molecular weight excluding hydrogens is 259 g/mol. The third-order valence-electron chi connectivity index (χ3n) is 2.03. The lowest BCUT2D eigenvalue weighted by molar-refractivity contribution is -0.143. The Morgan fingerprint density at radius 1 is 1.41 bits per heavy atom. The second-order valence-corrected chi connectivity index (χ2v) is 3.12. The summed E-state index contributed by atoms with van der Waals surface area (Å²) in [7, 11) is 1.12. The lowest BCUT2D eigenvalue weighted by Gasteiger charge is -2.12. The maximum atomic E-state index is 12.4. The molecule has 0 aliphatic rings. The number of benzene rings is 1. The Hall–Kier alpha value is -1.27. The Balaban J connectivity index is 0.00000256. The maximum Gasteiger partial charge on any atom is 0.416 e. The molecule has 0 radical (unpaired) electrons. The first kappa shape index (κ1) is 15.7. The Morgan fingerprint density at radius 2 is 2.00 bits per heavy atom. The highest BCUT2D eigenvalue weighted by molar-refractivity contribution is 5.85. The van der Waals surface area contributed by atoms with E-state index in [1.807, 2.05) is 0 Å². The van der Waals surface area contributed by atoms with Crippen molar-refractivity contribution in [3.8, 4) is 0 Å². The van der Waals surface area contributed by atoms with Crippen LogP contribution in [0.4, 0.5) is 13.2 Å². The monoisotopic (exact) mass is 269 g/mol. The van der Waals surface area contributed by atoms with Gasteiger partial charge in [0.15, 0.2) is 0 Å². The first-order valence-electron chi connectivity index (χ1n) is 4.37. The molecule has 2 N–H and O–H groups in total. The number of nitrogens with two attached hydrogens (primary N) is 1. The normalized spacial score (nSPS) is 12.5. The highest BCUT2D eigenvalue weighted by atomic mass is 35.5. The summed E-state index contributed by atoms with van der Waals surface area (Å²) in [5, 5.41) is 0. The molecule has 1 aromatic carbocycles. The van der Waals surface area contributed by atoms with Gasteiger partial charge in [0, 0.05) is 0 Å². The van der Waals surface area contributed by atoms with E-state index in [4.69, 9.17) is 5.73 Å². The van der Waals surface area contributed by atoms with E-state index in [-0.39, 0.29) is 18.0 Å². The van der Waals surface area contributed by atoms with Crippen molar-refractivity contribution in [2.75, 3.05) is 7.11 Å². The standard InChI is InChI=1S/C10H10F3NO2.ClH/c1-16-9(15)8(14)6-3-2-4-7(5-6)10(11,12)13;/h2-5,8H,14H2,1H3;1H. The van der Waals surface area contributed by atoms with Gasteiger partial charge >= 0.3 is 12.1 Å². The van der Waals surface area contributed by atoms with Crippen LogP contribution >= 0.6 is 12.4 Å². The van der Waals surface area contributed by atoms with E-state index in [2.05, 4.69) is 4.74 Å². The molecule has 7 heteroatoms. The van der Waals surface area contributed by atoms with E-state index in [1.165, 1.54) is 12.1 Å². The second kappa shape index (κ2) is 5.88. The predicted octanol–water partition coefficient (Wildman–Crippen LogP) is 2.30. The van der Waals surface area contributed by atoms with Crippen LogP contribution in [0.5, 0.6) is 0 Å². The predicted molar refractivity (Wildman–Crippen MR) is 57.6 cm³/mol. The van der Waals surface area contributed by atoms with Crippen LogP contribution in [0.15, 0.2) is 24.3 Å². The van der Waals surface area contributed by atoms with Crippen molar-refractivity contribution in [1.29, 1.82) is 0 Å². The fraction of sp³-hybridized carbons (Fsp3) is 0.300. The van der Waals surface area contributed by atoms with Gasteiger partial charge in [-0.2, -0.15) is 13.2 Å². The Morgan fingerprint density at radius 3 is 2.47 bits per heavy atom. The summed E-state index contributed by atoms with van der Waals surface area (Å²) in [5.74, 6) is -0.778. The number of methoxy groups -OCH3 is 1. The number of esters is 1. The quantitative estimate of drug-likeness (QED) is 0.838. The van der Waals surface area contributed by atoms with Crippen molar-refractivity contribution in [3.05, 3.63) is 35.4 Å². The first-order valence-corrected chi connectivity index (χ1v) is 4.37. The third kappa shape index (κ3) is 3.90. The number of carbonyl (C=O) groups is 1. The number of hydrogen-bond acceptors (Lipinski definition) is 3. The van der Waals surface area contributed by atoms with Gasteiger partial charge in [0.2, 0.25) is 0 Å². The van der Waals surface area contributed by atoms with Gasteiger partial charge in [0.1, 0.15) is 6.04 Å². The van der Waals surface area contributed by atoms with Crippen LogP contribution in [0.2, 0.25) is 0 Å². The summed E-state index contributed by atoms with van der Waals surface area (Å²) in [5.41, 5.74) is 4.65. The molecule has 3 nitrogen and oxygen atoms in total. The van der Waals surface area contributed by atoms with Crippen molar-refractivity contribution in [2.24, 2.45) is 5.73 Å². The third-order valence-corrected chi connectivity index (χ3v) is 2.03. The Bertz CT molecular complexity index is 395. The lowest BCUT2D eigenvalue weighted by atomic mass is 10.0. The largest absolute Gasteiger partial charge is 0.468 e. The zero-order valence-corrected chi connectivity index (χ0v) is 9.64. The molecule has 0 fully saturated rings. The van der Waals surface area contributed by atoms with Gasteiger partial charge in [-0.25, -0.2) is 0 Å². The molecule has 1 aromatic rings. The van der Waals surface area contributed by atoms with Gasteiger partial charge in [0.25, 0.3) is 0 Å². The zero-order valence-electron chi connectivity index (χ0n) is 8.82. The van der Waals surface area contributed by atoms with Gasteiger partial charge in [-0.05, 0) is 17.7 Å². The van der Waals surface area contributed by atoms with E-state index >= 15 is 0 Å². The van der Waals surface area contributed by atoms with E-state index in [0.29, 0.717) is 0 Å². The van der Waals surface area contributed by atoms with Crippen LogP contribution in [-0.2, 0) is 15.7 Å². The van der Waals surface area contributed by atoms with Gasteiger partial charge in [-0.1, -0.05) is 12.1 Å². The molecule has 0 saturated carbocycles. The molecule has 1 atom stereocenters. The zero-order chi connectivity index (χ0) is 12.3. The molecule has 0 aliphatic heterocycles. The number of rotatable bonds is 2. The number of carbonyl (C=O) groups excluding carboxylic acids is 1. The van der Waals surface area contributed by atoms with Crippen LogP contribution in [0.25, 0.3) is 0 Å². The summed E-state index contributed by atoms with van der Waals surface area (Å²) in [4.78, 5) is 11.0. The molecule has 0 spiro atoms. The van der Waals surface area contributed by atoms with Gasteiger partial charge in [0.05, 0.1) is 12.7 Å². The van der Waals surface area contributed by atoms with Crippen LogP contribution in [0.1, 0.15) is 17.2 Å². The summed E-state index contributed by atoms with van der Waals surface area (Å²) >= 11 is 0. The van der Waals surface area contributed by atoms with Crippen LogP contribution in [-0.4, -0.2) is 13.1 Å². The van der Waals surface area contributed by atoms with E-state index in [0.717, 1.165) is 19.2 Å². The van der Waals surface area contributed by atoms with E-state index in [9.17, 15) is 18.0 Å². The number of halogens is 4. The fourth-order valence-corrected chi connectivity index (χ4v) is 1.17.